The van der Waals surface area contributed by atoms with Crippen molar-refractivity contribution in [2.24, 2.45) is 11.8 Å². The fourth-order valence-electron chi connectivity index (χ4n) is 3.61. The second kappa shape index (κ2) is 6.27. The molecule has 0 bridgehead atoms. The molecule has 1 aliphatic heterocycles. The highest BCUT2D eigenvalue weighted by molar-refractivity contribution is 7.10. The first kappa shape index (κ1) is 14.1. The summed E-state index contributed by atoms with van der Waals surface area (Å²) in [4.78, 5) is 13.9. The van der Waals surface area contributed by atoms with Crippen LogP contribution in [0, 0.1) is 11.8 Å². The Kier molecular flexibility index (Phi) is 4.41. The Bertz CT molecular complexity index is 439. The molecule has 1 saturated carbocycles. The van der Waals surface area contributed by atoms with E-state index in [1.165, 1.54) is 30.6 Å². The zero-order valence-corrected chi connectivity index (χ0v) is 12.9. The van der Waals surface area contributed by atoms with Gasteiger partial charge in [0, 0.05) is 4.88 Å². The molecule has 4 heteroatoms. The average molecular weight is 292 g/mol. The van der Waals surface area contributed by atoms with Crippen LogP contribution in [0.15, 0.2) is 17.5 Å². The molecule has 1 saturated heterocycles. The van der Waals surface area contributed by atoms with E-state index in [-0.39, 0.29) is 18.0 Å². The largest absolute Gasteiger partial charge is 0.347 e. The van der Waals surface area contributed by atoms with Crippen LogP contribution in [0.5, 0.6) is 0 Å². The van der Waals surface area contributed by atoms with Crippen molar-refractivity contribution in [1.29, 1.82) is 0 Å². The first-order valence-corrected chi connectivity index (χ1v) is 8.71. The smallest absolute Gasteiger partial charge is 0.237 e. The summed E-state index contributed by atoms with van der Waals surface area (Å²) >= 11 is 1.77. The van der Waals surface area contributed by atoms with Gasteiger partial charge < -0.3 is 10.6 Å². The first-order valence-electron chi connectivity index (χ1n) is 7.83. The molecule has 1 aliphatic carbocycles. The van der Waals surface area contributed by atoms with Crippen LogP contribution in [0.4, 0.5) is 0 Å². The molecule has 1 aromatic heterocycles. The summed E-state index contributed by atoms with van der Waals surface area (Å²) < 4.78 is 0. The van der Waals surface area contributed by atoms with E-state index in [1.54, 1.807) is 11.3 Å². The number of carbonyl (C=O) groups is 1. The third-order valence-electron chi connectivity index (χ3n) is 4.83. The van der Waals surface area contributed by atoms with E-state index in [0.717, 1.165) is 13.0 Å². The van der Waals surface area contributed by atoms with E-state index in [0.29, 0.717) is 11.8 Å². The van der Waals surface area contributed by atoms with E-state index in [1.807, 2.05) is 0 Å². The summed E-state index contributed by atoms with van der Waals surface area (Å²) in [6, 6.07) is 4.47. The highest BCUT2D eigenvalue weighted by atomic mass is 32.1. The molecule has 2 heterocycles. The molecule has 3 rings (SSSR count). The third kappa shape index (κ3) is 2.91. The molecule has 2 aliphatic rings. The second-order valence-electron chi connectivity index (χ2n) is 6.24. The van der Waals surface area contributed by atoms with Gasteiger partial charge in [0.1, 0.15) is 0 Å². The van der Waals surface area contributed by atoms with Gasteiger partial charge in [-0.05, 0) is 49.1 Å². The molecule has 2 N–H and O–H groups in total. The highest BCUT2D eigenvalue weighted by Crippen LogP contribution is 2.37. The van der Waals surface area contributed by atoms with Crippen molar-refractivity contribution in [3.8, 4) is 0 Å². The van der Waals surface area contributed by atoms with Gasteiger partial charge in [-0.15, -0.1) is 11.3 Å². The van der Waals surface area contributed by atoms with Gasteiger partial charge >= 0.3 is 0 Å². The number of carbonyl (C=O) groups excluding carboxylic acids is 1. The molecule has 1 aromatic rings. The van der Waals surface area contributed by atoms with Gasteiger partial charge in [0.15, 0.2) is 0 Å². The molecule has 3 unspecified atom stereocenters. The molecule has 3 nitrogen and oxygen atoms in total. The summed E-state index contributed by atoms with van der Waals surface area (Å²) in [5.74, 6) is 1.26. The maximum Gasteiger partial charge on any atom is 0.237 e. The maximum absolute atomic E-state index is 12.5. The third-order valence-corrected chi connectivity index (χ3v) is 5.79. The first-order chi connectivity index (χ1) is 9.75. The van der Waals surface area contributed by atoms with Crippen LogP contribution < -0.4 is 10.6 Å². The van der Waals surface area contributed by atoms with E-state index in [4.69, 9.17) is 0 Å². The quantitative estimate of drug-likeness (QED) is 0.895. The van der Waals surface area contributed by atoms with Gasteiger partial charge in [0.25, 0.3) is 0 Å². The Morgan fingerprint density at radius 3 is 2.80 bits per heavy atom. The van der Waals surface area contributed by atoms with Crippen LogP contribution in [0.25, 0.3) is 0 Å². The molecule has 110 valence electrons. The van der Waals surface area contributed by atoms with Crippen LogP contribution in [-0.4, -0.2) is 18.5 Å². The van der Waals surface area contributed by atoms with Crippen LogP contribution >= 0.6 is 11.3 Å². The summed E-state index contributed by atoms with van der Waals surface area (Å²) in [6.45, 7) is 3.13. The Labute approximate surface area is 125 Å². The molecule has 0 aromatic carbocycles. The molecular weight excluding hydrogens is 268 g/mol. The fraction of sp³-hybridized carbons (Fsp3) is 0.688. The SMILES string of the molecule is CC1CCNC1C(=O)NC(c1cccs1)C1CCCC1. The van der Waals surface area contributed by atoms with Crippen molar-refractivity contribution >= 4 is 17.2 Å². The molecule has 2 fully saturated rings. The van der Waals surface area contributed by atoms with Gasteiger partial charge in [-0.1, -0.05) is 25.8 Å². The van der Waals surface area contributed by atoms with Gasteiger partial charge in [-0.25, -0.2) is 0 Å². The molecule has 1 amide bonds. The van der Waals surface area contributed by atoms with E-state index >= 15 is 0 Å². The van der Waals surface area contributed by atoms with Crippen molar-refractivity contribution in [3.05, 3.63) is 22.4 Å². The predicted octanol–water partition coefficient (Wildman–Crippen LogP) is 3.09. The van der Waals surface area contributed by atoms with Crippen molar-refractivity contribution < 1.29 is 4.79 Å². The minimum Gasteiger partial charge on any atom is -0.347 e. The van der Waals surface area contributed by atoms with E-state index in [2.05, 4.69) is 35.1 Å². The molecule has 0 spiro atoms. The molecule has 0 radical (unpaired) electrons. The van der Waals surface area contributed by atoms with Crippen LogP contribution in [0.3, 0.4) is 0 Å². The lowest BCUT2D eigenvalue weighted by Gasteiger charge is -2.26. The topological polar surface area (TPSA) is 41.1 Å². The molecule has 3 atom stereocenters. The lowest BCUT2D eigenvalue weighted by atomic mass is 9.95. The number of hydrogen-bond acceptors (Lipinski definition) is 3. The van der Waals surface area contributed by atoms with Crippen molar-refractivity contribution in [2.45, 2.75) is 51.1 Å². The molecule has 20 heavy (non-hydrogen) atoms. The Morgan fingerprint density at radius 2 is 2.20 bits per heavy atom. The average Bonchev–Trinajstić information content (AvgIpc) is 3.18. The van der Waals surface area contributed by atoms with Crippen LogP contribution in [0.1, 0.15) is 49.9 Å². The second-order valence-corrected chi connectivity index (χ2v) is 7.22. The van der Waals surface area contributed by atoms with E-state index in [9.17, 15) is 4.79 Å². The normalized spacial score (nSPS) is 28.6. The van der Waals surface area contributed by atoms with Crippen LogP contribution in [-0.2, 0) is 4.79 Å². The summed E-state index contributed by atoms with van der Waals surface area (Å²) in [6.07, 6.45) is 6.21. The number of thiophene rings is 1. The number of nitrogens with one attached hydrogen (secondary N) is 2. The Hall–Kier alpha value is -0.870. The van der Waals surface area contributed by atoms with Crippen LogP contribution in [0.2, 0.25) is 0 Å². The Morgan fingerprint density at radius 1 is 1.40 bits per heavy atom. The van der Waals surface area contributed by atoms with Gasteiger partial charge in [-0.3, -0.25) is 4.79 Å². The summed E-state index contributed by atoms with van der Waals surface area (Å²) in [5.41, 5.74) is 0. The van der Waals surface area contributed by atoms with Crippen molar-refractivity contribution in [2.75, 3.05) is 6.54 Å². The standard InChI is InChI=1S/C16H24N2OS/c1-11-8-9-17-14(11)16(19)18-15(12-5-2-3-6-12)13-7-4-10-20-13/h4,7,10-12,14-15,17H,2-3,5-6,8-9H2,1H3,(H,18,19). The molecular formula is C16H24N2OS. The fourth-order valence-corrected chi connectivity index (χ4v) is 4.48. The monoisotopic (exact) mass is 292 g/mol. The van der Waals surface area contributed by atoms with Crippen molar-refractivity contribution in [3.63, 3.8) is 0 Å². The number of rotatable bonds is 4. The minimum atomic E-state index is -0.00105. The highest BCUT2D eigenvalue weighted by Gasteiger charge is 2.34. The van der Waals surface area contributed by atoms with Gasteiger partial charge in [0.05, 0.1) is 12.1 Å². The minimum absolute atomic E-state index is 0.00105. The number of amides is 1. The van der Waals surface area contributed by atoms with Gasteiger partial charge in [0.2, 0.25) is 5.91 Å². The zero-order valence-electron chi connectivity index (χ0n) is 12.1. The van der Waals surface area contributed by atoms with E-state index < -0.39 is 0 Å². The zero-order chi connectivity index (χ0) is 13.9. The Balaban J connectivity index is 1.71. The lowest BCUT2D eigenvalue weighted by Crippen LogP contribution is -2.45. The number of hydrogen-bond donors (Lipinski definition) is 2. The lowest BCUT2D eigenvalue weighted by molar-refractivity contribution is -0.124. The summed E-state index contributed by atoms with van der Waals surface area (Å²) in [7, 11) is 0. The predicted molar refractivity (Wildman–Crippen MR) is 82.7 cm³/mol. The van der Waals surface area contributed by atoms with Gasteiger partial charge in [-0.2, -0.15) is 0 Å². The summed E-state index contributed by atoms with van der Waals surface area (Å²) in [5, 5.41) is 8.79. The maximum atomic E-state index is 12.5. The van der Waals surface area contributed by atoms with Crippen molar-refractivity contribution in [1.82, 2.24) is 10.6 Å².